The largest absolute Gasteiger partial charge is 0.465 e. The van der Waals surface area contributed by atoms with Crippen molar-refractivity contribution in [3.63, 3.8) is 0 Å². The lowest BCUT2D eigenvalue weighted by Gasteiger charge is -2.40. The summed E-state index contributed by atoms with van der Waals surface area (Å²) in [4.78, 5) is 36.1. The Morgan fingerprint density at radius 3 is 2.50 bits per heavy atom. The first-order chi connectivity index (χ1) is 14.2. The van der Waals surface area contributed by atoms with E-state index in [1.807, 2.05) is 24.3 Å². The topological polar surface area (TPSA) is 129 Å². The van der Waals surface area contributed by atoms with Crippen molar-refractivity contribution >= 4 is 29.5 Å². The minimum Gasteiger partial charge on any atom is -0.465 e. The molecule has 0 unspecified atom stereocenters. The number of carbonyl (C=O) groups is 3. The molecule has 1 fully saturated rings. The SMILES string of the molecule is COC[C@H](NC(=O)[C@H](C)NC(=O)O)C(=O)N[C@@]1(Cc2ccc(Cl)cc2)CCCNC1. The minimum absolute atomic E-state index is 0.0399. The smallest absolute Gasteiger partial charge is 0.405 e. The van der Waals surface area contributed by atoms with E-state index in [0.29, 0.717) is 18.0 Å². The highest BCUT2D eigenvalue weighted by atomic mass is 35.5. The van der Waals surface area contributed by atoms with Crippen molar-refractivity contribution in [3.05, 3.63) is 34.9 Å². The first-order valence-electron chi connectivity index (χ1n) is 9.80. The Morgan fingerprint density at radius 2 is 1.93 bits per heavy atom. The number of methoxy groups -OCH3 is 1. The van der Waals surface area contributed by atoms with Crippen LogP contribution < -0.4 is 21.3 Å². The van der Waals surface area contributed by atoms with Crippen LogP contribution >= 0.6 is 11.6 Å². The van der Waals surface area contributed by atoms with Crippen LogP contribution in [0.25, 0.3) is 0 Å². The second kappa shape index (κ2) is 11.1. The lowest BCUT2D eigenvalue weighted by molar-refractivity contribution is -0.132. The second-order valence-electron chi connectivity index (χ2n) is 7.54. The molecule has 1 aromatic carbocycles. The van der Waals surface area contributed by atoms with E-state index in [9.17, 15) is 14.4 Å². The molecule has 2 rings (SSSR count). The maximum Gasteiger partial charge on any atom is 0.405 e. The molecule has 0 aliphatic carbocycles. The van der Waals surface area contributed by atoms with E-state index < -0.39 is 29.6 Å². The molecule has 0 bridgehead atoms. The van der Waals surface area contributed by atoms with Crippen LogP contribution in [0.3, 0.4) is 0 Å². The summed E-state index contributed by atoms with van der Waals surface area (Å²) in [7, 11) is 1.43. The molecule has 0 spiro atoms. The van der Waals surface area contributed by atoms with E-state index in [0.717, 1.165) is 24.9 Å². The van der Waals surface area contributed by atoms with Gasteiger partial charge in [-0.05, 0) is 50.4 Å². The van der Waals surface area contributed by atoms with Crippen molar-refractivity contribution in [1.82, 2.24) is 21.3 Å². The van der Waals surface area contributed by atoms with Crippen LogP contribution in [0.2, 0.25) is 5.02 Å². The van der Waals surface area contributed by atoms with Gasteiger partial charge in [0.05, 0.1) is 12.1 Å². The Bertz CT molecular complexity index is 737. The molecule has 9 nitrogen and oxygen atoms in total. The van der Waals surface area contributed by atoms with E-state index >= 15 is 0 Å². The van der Waals surface area contributed by atoms with Gasteiger partial charge in [0.2, 0.25) is 11.8 Å². The molecule has 10 heteroatoms. The predicted molar refractivity (Wildman–Crippen MR) is 113 cm³/mol. The van der Waals surface area contributed by atoms with Crippen LogP contribution in [-0.4, -0.2) is 67.4 Å². The van der Waals surface area contributed by atoms with E-state index in [4.69, 9.17) is 21.4 Å². The molecule has 166 valence electrons. The normalized spacial score (nSPS) is 20.6. The molecule has 1 aromatic rings. The zero-order valence-corrected chi connectivity index (χ0v) is 17.9. The third kappa shape index (κ3) is 7.16. The maximum absolute atomic E-state index is 13.0. The number of carboxylic acid groups (broad SMARTS) is 1. The fraction of sp³-hybridized carbons (Fsp3) is 0.550. The monoisotopic (exact) mass is 440 g/mol. The molecule has 0 aromatic heterocycles. The van der Waals surface area contributed by atoms with Crippen molar-refractivity contribution in [3.8, 4) is 0 Å². The average Bonchev–Trinajstić information content (AvgIpc) is 2.69. The van der Waals surface area contributed by atoms with Gasteiger partial charge in [0.25, 0.3) is 0 Å². The Labute approximate surface area is 180 Å². The van der Waals surface area contributed by atoms with E-state index in [1.54, 1.807) is 0 Å². The van der Waals surface area contributed by atoms with E-state index in [1.165, 1.54) is 14.0 Å². The Balaban J connectivity index is 2.11. The van der Waals surface area contributed by atoms with Crippen LogP contribution in [0.15, 0.2) is 24.3 Å². The zero-order chi connectivity index (χ0) is 22.1. The molecule has 3 atom stereocenters. The fourth-order valence-corrected chi connectivity index (χ4v) is 3.63. The van der Waals surface area contributed by atoms with Crippen LogP contribution in [0.4, 0.5) is 4.79 Å². The Kier molecular flexibility index (Phi) is 8.88. The number of halogens is 1. The van der Waals surface area contributed by atoms with Crippen LogP contribution in [-0.2, 0) is 20.7 Å². The third-order valence-corrected chi connectivity index (χ3v) is 5.27. The van der Waals surface area contributed by atoms with Gasteiger partial charge in [0, 0.05) is 18.7 Å². The molecule has 1 aliphatic rings. The summed E-state index contributed by atoms with van der Waals surface area (Å²) >= 11 is 5.98. The number of rotatable bonds is 9. The van der Waals surface area contributed by atoms with Crippen LogP contribution in [0.1, 0.15) is 25.3 Å². The molecule has 1 aliphatic heterocycles. The van der Waals surface area contributed by atoms with Gasteiger partial charge in [0.15, 0.2) is 0 Å². The highest BCUT2D eigenvalue weighted by Crippen LogP contribution is 2.23. The lowest BCUT2D eigenvalue weighted by atomic mass is 9.83. The lowest BCUT2D eigenvalue weighted by Crippen LogP contribution is -2.63. The second-order valence-corrected chi connectivity index (χ2v) is 7.98. The quantitative estimate of drug-likeness (QED) is 0.388. The molecule has 30 heavy (non-hydrogen) atoms. The van der Waals surface area contributed by atoms with Crippen LogP contribution in [0, 0.1) is 0 Å². The number of carbonyl (C=O) groups excluding carboxylic acids is 2. The van der Waals surface area contributed by atoms with Gasteiger partial charge in [0.1, 0.15) is 12.1 Å². The number of nitrogens with one attached hydrogen (secondary N) is 4. The maximum atomic E-state index is 13.0. The molecular formula is C20H29ClN4O5. The van der Waals surface area contributed by atoms with E-state index in [2.05, 4.69) is 21.3 Å². The van der Waals surface area contributed by atoms with Crippen LogP contribution in [0.5, 0.6) is 0 Å². The van der Waals surface area contributed by atoms with Gasteiger partial charge < -0.3 is 31.1 Å². The number of piperidine rings is 1. The van der Waals surface area contributed by atoms with Crippen molar-refractivity contribution in [2.75, 3.05) is 26.8 Å². The standard InChI is InChI=1S/C20H29ClN4O5/c1-13(23-19(28)29)17(26)24-16(11-30-2)18(27)25-20(8-3-9-22-12-20)10-14-4-6-15(21)7-5-14/h4-7,13,16,22-23H,3,8-12H2,1-2H3,(H,24,26)(H,25,27)(H,28,29)/t13-,16-,20+/m0/s1. The number of hydrogen-bond donors (Lipinski definition) is 5. The molecule has 3 amide bonds. The third-order valence-electron chi connectivity index (χ3n) is 5.02. The highest BCUT2D eigenvalue weighted by Gasteiger charge is 2.36. The number of ether oxygens (including phenoxy) is 1. The fourth-order valence-electron chi connectivity index (χ4n) is 3.51. The van der Waals surface area contributed by atoms with Gasteiger partial charge in [-0.1, -0.05) is 23.7 Å². The van der Waals surface area contributed by atoms with E-state index in [-0.39, 0.29) is 12.5 Å². The first kappa shape index (κ1) is 23.9. The molecule has 5 N–H and O–H groups in total. The Hall–Kier alpha value is -2.36. The molecular weight excluding hydrogens is 412 g/mol. The predicted octanol–water partition coefficient (Wildman–Crippen LogP) is 0.908. The van der Waals surface area contributed by atoms with Crippen molar-refractivity contribution in [2.45, 2.75) is 43.8 Å². The number of benzene rings is 1. The van der Waals surface area contributed by atoms with Gasteiger partial charge in [-0.3, -0.25) is 9.59 Å². The van der Waals surface area contributed by atoms with Crippen molar-refractivity contribution < 1.29 is 24.2 Å². The zero-order valence-electron chi connectivity index (χ0n) is 17.2. The molecule has 0 radical (unpaired) electrons. The summed E-state index contributed by atoms with van der Waals surface area (Å²) in [6.45, 7) is 2.82. The minimum atomic E-state index is -1.32. The summed E-state index contributed by atoms with van der Waals surface area (Å²) < 4.78 is 5.10. The number of hydrogen-bond acceptors (Lipinski definition) is 5. The molecule has 1 heterocycles. The first-order valence-corrected chi connectivity index (χ1v) is 10.2. The van der Waals surface area contributed by atoms with Gasteiger partial charge in [-0.25, -0.2) is 4.79 Å². The number of amides is 3. The van der Waals surface area contributed by atoms with Gasteiger partial charge in [-0.2, -0.15) is 0 Å². The Morgan fingerprint density at radius 1 is 1.23 bits per heavy atom. The van der Waals surface area contributed by atoms with Gasteiger partial charge >= 0.3 is 6.09 Å². The summed E-state index contributed by atoms with van der Waals surface area (Å²) in [5.41, 5.74) is 0.514. The summed E-state index contributed by atoms with van der Waals surface area (Å²) in [6.07, 6.45) is 0.960. The van der Waals surface area contributed by atoms with Crippen molar-refractivity contribution in [1.29, 1.82) is 0 Å². The van der Waals surface area contributed by atoms with Gasteiger partial charge in [-0.15, -0.1) is 0 Å². The highest BCUT2D eigenvalue weighted by molar-refractivity contribution is 6.30. The summed E-state index contributed by atoms with van der Waals surface area (Å²) in [5.74, 6) is -0.992. The molecule has 1 saturated heterocycles. The molecule has 0 saturated carbocycles. The average molecular weight is 441 g/mol. The summed E-state index contributed by atoms with van der Waals surface area (Å²) in [6, 6.07) is 5.52. The summed E-state index contributed by atoms with van der Waals surface area (Å²) in [5, 5.41) is 20.5. The van der Waals surface area contributed by atoms with Crippen molar-refractivity contribution in [2.24, 2.45) is 0 Å².